The van der Waals surface area contributed by atoms with Crippen molar-refractivity contribution < 1.29 is 4.79 Å². The van der Waals surface area contributed by atoms with E-state index < -0.39 is 0 Å². The maximum atomic E-state index is 11.7. The molecule has 0 aliphatic carbocycles. The van der Waals surface area contributed by atoms with Gasteiger partial charge in [0.25, 0.3) is 0 Å². The highest BCUT2D eigenvalue weighted by molar-refractivity contribution is 6.30. The highest BCUT2D eigenvalue weighted by atomic mass is 35.5. The number of nitrogens with one attached hydrogen (secondary N) is 1. The molecule has 0 unspecified atom stereocenters. The largest absolute Gasteiger partial charge is 0.294 e. The van der Waals surface area contributed by atoms with Gasteiger partial charge in [0.1, 0.15) is 0 Å². The first-order valence-electron chi connectivity index (χ1n) is 4.40. The van der Waals surface area contributed by atoms with Gasteiger partial charge in [0.05, 0.1) is 12.1 Å². The van der Waals surface area contributed by atoms with Crippen LogP contribution in [0.15, 0.2) is 30.5 Å². The smallest absolute Gasteiger partial charge is 0.168 e. The third kappa shape index (κ3) is 2.41. The minimum Gasteiger partial charge on any atom is -0.294 e. The van der Waals surface area contributed by atoms with E-state index in [1.807, 2.05) is 0 Å². The molecule has 0 aliphatic heterocycles. The zero-order valence-electron chi connectivity index (χ0n) is 7.77. The number of ketones is 1. The number of halogens is 1. The molecule has 0 saturated heterocycles. The summed E-state index contributed by atoms with van der Waals surface area (Å²) in [6.07, 6.45) is 1.85. The van der Waals surface area contributed by atoms with Crippen LogP contribution in [0.3, 0.4) is 0 Å². The number of aromatic amines is 1. The number of nitrogens with zero attached hydrogens (tertiary/aromatic N) is 2. The van der Waals surface area contributed by atoms with Crippen molar-refractivity contribution in [3.63, 3.8) is 0 Å². The van der Waals surface area contributed by atoms with Crippen LogP contribution in [-0.2, 0) is 6.42 Å². The molecular formula is C10H8ClN3O. The average molecular weight is 222 g/mol. The fourth-order valence-corrected chi connectivity index (χ4v) is 1.34. The van der Waals surface area contributed by atoms with Gasteiger partial charge >= 0.3 is 0 Å². The lowest BCUT2D eigenvalue weighted by molar-refractivity contribution is 0.0992. The van der Waals surface area contributed by atoms with Crippen molar-refractivity contribution in [2.75, 3.05) is 0 Å². The van der Waals surface area contributed by atoms with Crippen molar-refractivity contribution in [1.29, 1.82) is 0 Å². The second kappa shape index (κ2) is 4.23. The Kier molecular flexibility index (Phi) is 2.78. The first-order chi connectivity index (χ1) is 7.25. The molecule has 1 aromatic heterocycles. The number of carbonyl (C=O) groups excluding carboxylic acids is 1. The zero-order valence-corrected chi connectivity index (χ0v) is 8.53. The molecule has 0 aliphatic rings. The standard InChI is InChI=1S/C10H8ClN3O/c11-8-3-1-7(2-4-8)10(15)5-9-6-12-14-13-9/h1-4,6H,5H2,(H,12,13,14). The van der Waals surface area contributed by atoms with Gasteiger partial charge in [0.15, 0.2) is 5.78 Å². The third-order valence-corrected chi connectivity index (χ3v) is 2.23. The summed E-state index contributed by atoms with van der Waals surface area (Å²) < 4.78 is 0. The number of benzene rings is 1. The summed E-state index contributed by atoms with van der Waals surface area (Å²) in [5.74, 6) is 0.000525. The topological polar surface area (TPSA) is 58.6 Å². The summed E-state index contributed by atoms with van der Waals surface area (Å²) >= 11 is 5.72. The molecule has 1 N–H and O–H groups in total. The molecule has 0 fully saturated rings. The summed E-state index contributed by atoms with van der Waals surface area (Å²) in [5, 5.41) is 10.5. The van der Waals surface area contributed by atoms with Crippen molar-refractivity contribution in [3.05, 3.63) is 46.7 Å². The lowest BCUT2D eigenvalue weighted by Gasteiger charge is -1.98. The number of carbonyl (C=O) groups is 1. The number of H-pyrrole nitrogens is 1. The predicted octanol–water partition coefficient (Wildman–Crippen LogP) is 1.88. The summed E-state index contributed by atoms with van der Waals surface area (Å²) in [6, 6.07) is 6.78. The molecule has 0 amide bonds. The van der Waals surface area contributed by atoms with E-state index in [0.717, 1.165) is 0 Å². The normalized spacial score (nSPS) is 10.2. The van der Waals surface area contributed by atoms with E-state index in [-0.39, 0.29) is 12.2 Å². The first-order valence-corrected chi connectivity index (χ1v) is 4.77. The minimum absolute atomic E-state index is 0.000525. The van der Waals surface area contributed by atoms with Crippen LogP contribution < -0.4 is 0 Å². The molecule has 2 rings (SSSR count). The Balaban J connectivity index is 2.11. The van der Waals surface area contributed by atoms with Crippen molar-refractivity contribution in [2.45, 2.75) is 6.42 Å². The minimum atomic E-state index is 0.000525. The van der Waals surface area contributed by atoms with Crippen LogP contribution in [-0.4, -0.2) is 21.2 Å². The summed E-state index contributed by atoms with van der Waals surface area (Å²) in [7, 11) is 0. The maximum Gasteiger partial charge on any atom is 0.168 e. The molecule has 4 nitrogen and oxygen atoms in total. The van der Waals surface area contributed by atoms with Crippen molar-refractivity contribution >= 4 is 17.4 Å². The van der Waals surface area contributed by atoms with E-state index in [2.05, 4.69) is 15.4 Å². The molecule has 0 bridgehead atoms. The molecule has 1 heterocycles. The fourth-order valence-electron chi connectivity index (χ4n) is 1.21. The Morgan fingerprint density at radius 3 is 2.67 bits per heavy atom. The second-order valence-corrected chi connectivity index (χ2v) is 3.51. The molecule has 0 atom stereocenters. The van der Waals surface area contributed by atoms with Gasteiger partial charge in [-0.3, -0.25) is 9.89 Å². The average Bonchev–Trinajstić information content (AvgIpc) is 2.71. The van der Waals surface area contributed by atoms with Gasteiger partial charge in [-0.1, -0.05) is 16.8 Å². The molecule has 5 heteroatoms. The van der Waals surface area contributed by atoms with Gasteiger partial charge in [-0.05, 0) is 24.3 Å². The highest BCUT2D eigenvalue weighted by Gasteiger charge is 2.08. The van der Waals surface area contributed by atoms with Crippen molar-refractivity contribution in [3.8, 4) is 0 Å². The Labute approximate surface area is 91.3 Å². The summed E-state index contributed by atoms with van der Waals surface area (Å²) in [6.45, 7) is 0. The number of rotatable bonds is 3. The van der Waals surface area contributed by atoms with Crippen LogP contribution in [0.1, 0.15) is 16.1 Å². The number of hydrogen-bond donors (Lipinski definition) is 1. The van der Waals surface area contributed by atoms with Gasteiger partial charge in [0, 0.05) is 16.8 Å². The van der Waals surface area contributed by atoms with Crippen molar-refractivity contribution in [1.82, 2.24) is 15.4 Å². The predicted molar refractivity (Wildman–Crippen MR) is 55.9 cm³/mol. The van der Waals surface area contributed by atoms with Crippen LogP contribution in [0.2, 0.25) is 5.02 Å². The van der Waals surface area contributed by atoms with Crippen LogP contribution in [0.4, 0.5) is 0 Å². The van der Waals surface area contributed by atoms with Crippen LogP contribution in [0, 0.1) is 0 Å². The zero-order chi connectivity index (χ0) is 10.7. The number of aromatic nitrogens is 3. The van der Waals surface area contributed by atoms with Crippen LogP contribution in [0.5, 0.6) is 0 Å². The molecule has 76 valence electrons. The molecular weight excluding hydrogens is 214 g/mol. The monoisotopic (exact) mass is 221 g/mol. The second-order valence-electron chi connectivity index (χ2n) is 3.07. The lowest BCUT2D eigenvalue weighted by Crippen LogP contribution is -2.03. The molecule has 15 heavy (non-hydrogen) atoms. The number of hydrogen-bond acceptors (Lipinski definition) is 3. The maximum absolute atomic E-state index is 11.7. The Morgan fingerprint density at radius 2 is 2.07 bits per heavy atom. The van der Waals surface area contributed by atoms with Crippen LogP contribution in [0.25, 0.3) is 0 Å². The quantitative estimate of drug-likeness (QED) is 0.806. The molecule has 1 aromatic carbocycles. The summed E-state index contributed by atoms with van der Waals surface area (Å²) in [4.78, 5) is 11.7. The summed E-state index contributed by atoms with van der Waals surface area (Å²) in [5.41, 5.74) is 1.26. The van der Waals surface area contributed by atoms with Gasteiger partial charge in [0.2, 0.25) is 0 Å². The molecule has 0 spiro atoms. The Morgan fingerprint density at radius 1 is 1.33 bits per heavy atom. The third-order valence-electron chi connectivity index (χ3n) is 1.98. The van der Waals surface area contributed by atoms with E-state index >= 15 is 0 Å². The van der Waals surface area contributed by atoms with Gasteiger partial charge in [-0.2, -0.15) is 0 Å². The van der Waals surface area contributed by atoms with Gasteiger partial charge < -0.3 is 0 Å². The first kappa shape index (κ1) is 9.86. The van der Waals surface area contributed by atoms with E-state index in [4.69, 9.17) is 11.6 Å². The van der Waals surface area contributed by atoms with Crippen molar-refractivity contribution in [2.24, 2.45) is 0 Å². The Bertz CT molecular complexity index is 450. The Hall–Kier alpha value is -1.68. The van der Waals surface area contributed by atoms with E-state index in [9.17, 15) is 4.79 Å². The molecule has 0 saturated carbocycles. The fraction of sp³-hybridized carbons (Fsp3) is 0.100. The van der Waals surface area contributed by atoms with E-state index in [1.165, 1.54) is 0 Å². The van der Waals surface area contributed by atoms with Crippen LogP contribution >= 0.6 is 11.6 Å². The van der Waals surface area contributed by atoms with Gasteiger partial charge in [-0.25, -0.2) is 0 Å². The lowest BCUT2D eigenvalue weighted by atomic mass is 10.1. The SMILES string of the molecule is O=C(Cc1c[nH]nn1)c1ccc(Cl)cc1. The van der Waals surface area contributed by atoms with E-state index in [1.54, 1.807) is 30.5 Å². The number of Topliss-reactive ketones (excluding diaryl/α,β-unsaturated/α-hetero) is 1. The molecule has 0 radical (unpaired) electrons. The van der Waals surface area contributed by atoms with E-state index in [0.29, 0.717) is 16.3 Å². The molecule has 2 aromatic rings. The highest BCUT2D eigenvalue weighted by Crippen LogP contribution is 2.11. The van der Waals surface area contributed by atoms with Gasteiger partial charge in [-0.15, -0.1) is 5.10 Å².